The van der Waals surface area contributed by atoms with Crippen molar-refractivity contribution < 1.29 is 4.74 Å². The van der Waals surface area contributed by atoms with Crippen LogP contribution in [0.5, 0.6) is 5.88 Å². The van der Waals surface area contributed by atoms with E-state index in [0.29, 0.717) is 16.7 Å². The van der Waals surface area contributed by atoms with E-state index in [0.717, 1.165) is 27.0 Å². The second kappa shape index (κ2) is 8.45. The molecule has 1 aliphatic heterocycles. The number of benzene rings is 3. The largest absolute Gasteiger partial charge is 0.448 e. The molecule has 0 saturated heterocycles. The summed E-state index contributed by atoms with van der Waals surface area (Å²) in [5.41, 5.74) is 4.69. The summed E-state index contributed by atoms with van der Waals surface area (Å²) in [7, 11) is 0. The molecule has 0 spiro atoms. The summed E-state index contributed by atoms with van der Waals surface area (Å²) in [5.74, 6) is 1.24. The maximum atomic E-state index is 6.31. The fourth-order valence-corrected chi connectivity index (χ4v) is 4.40. The van der Waals surface area contributed by atoms with Gasteiger partial charge in [-0.3, -0.25) is 0 Å². The molecule has 2 heterocycles. The van der Waals surface area contributed by atoms with Gasteiger partial charge in [0.15, 0.2) is 11.9 Å². The summed E-state index contributed by atoms with van der Waals surface area (Å²) in [6, 6.07) is 26.2. The molecule has 0 unspecified atom stereocenters. The molecule has 1 aromatic heterocycles. The maximum absolute atomic E-state index is 6.31. The molecule has 0 saturated carbocycles. The van der Waals surface area contributed by atoms with E-state index >= 15 is 0 Å². The number of hydrogen-bond acceptors (Lipinski definition) is 6. The van der Waals surface area contributed by atoms with Gasteiger partial charge in [0.1, 0.15) is 0 Å². The van der Waals surface area contributed by atoms with Gasteiger partial charge in [-0.15, -0.1) is 10.2 Å². The van der Waals surface area contributed by atoms with Crippen molar-refractivity contribution >= 4 is 33.4 Å². The molecule has 0 radical (unpaired) electrons. The van der Waals surface area contributed by atoms with Crippen LogP contribution in [0.3, 0.4) is 0 Å². The van der Waals surface area contributed by atoms with Crippen molar-refractivity contribution in [3.8, 4) is 17.1 Å². The second-order valence-electron chi connectivity index (χ2n) is 6.77. The topological polar surface area (TPSA) is 59.9 Å². The molecule has 148 valence electrons. The first-order chi connectivity index (χ1) is 14.8. The second-order valence-corrected chi connectivity index (χ2v) is 8.62. The van der Waals surface area contributed by atoms with E-state index in [1.54, 1.807) is 11.8 Å². The van der Waals surface area contributed by atoms with E-state index in [-0.39, 0.29) is 0 Å². The van der Waals surface area contributed by atoms with E-state index in [4.69, 9.17) is 9.72 Å². The van der Waals surface area contributed by atoms with Crippen molar-refractivity contribution in [2.45, 2.75) is 17.1 Å². The van der Waals surface area contributed by atoms with Crippen LogP contribution in [-0.4, -0.2) is 15.2 Å². The lowest BCUT2D eigenvalue weighted by molar-refractivity contribution is 0.225. The third-order valence-electron chi connectivity index (χ3n) is 4.70. The Morgan fingerprint density at radius 3 is 2.63 bits per heavy atom. The Bertz CT molecular complexity index is 1190. The lowest BCUT2D eigenvalue weighted by atomic mass is 10.1. The predicted octanol–water partition coefficient (Wildman–Crippen LogP) is 6.10. The monoisotopic (exact) mass is 476 g/mol. The van der Waals surface area contributed by atoms with Crippen molar-refractivity contribution in [3.05, 3.63) is 94.5 Å². The van der Waals surface area contributed by atoms with Crippen LogP contribution in [0.25, 0.3) is 11.3 Å². The van der Waals surface area contributed by atoms with Gasteiger partial charge in [0.2, 0.25) is 11.0 Å². The van der Waals surface area contributed by atoms with Crippen LogP contribution in [0, 0.1) is 0 Å². The van der Waals surface area contributed by atoms with Gasteiger partial charge in [-0.2, -0.15) is 4.98 Å². The van der Waals surface area contributed by atoms with Crippen molar-refractivity contribution in [1.29, 1.82) is 0 Å². The Hall–Kier alpha value is -2.90. The van der Waals surface area contributed by atoms with Crippen LogP contribution in [0.2, 0.25) is 0 Å². The van der Waals surface area contributed by atoms with Gasteiger partial charge in [-0.25, -0.2) is 0 Å². The van der Waals surface area contributed by atoms with Crippen molar-refractivity contribution in [1.82, 2.24) is 15.2 Å². The van der Waals surface area contributed by atoms with E-state index in [9.17, 15) is 0 Å². The van der Waals surface area contributed by atoms with Crippen LogP contribution in [-0.2, 0) is 5.75 Å². The SMILES string of the molecule is Brc1cccc([C@@H]2Nc3ccccc3-c3nnc(SCc4ccccc4)nc3O2)c1. The molecular formula is C23H17BrN4OS. The van der Waals surface area contributed by atoms with E-state index < -0.39 is 6.23 Å². The van der Waals surface area contributed by atoms with Gasteiger partial charge in [-0.05, 0) is 23.8 Å². The number of hydrogen-bond donors (Lipinski definition) is 1. The number of ether oxygens (including phenoxy) is 1. The molecule has 0 aliphatic carbocycles. The fraction of sp³-hybridized carbons (Fsp3) is 0.0870. The summed E-state index contributed by atoms with van der Waals surface area (Å²) in [6.45, 7) is 0. The number of fused-ring (bicyclic) bond motifs is 3. The van der Waals surface area contributed by atoms with Crippen molar-refractivity contribution in [2.75, 3.05) is 5.32 Å². The normalized spacial score (nSPS) is 14.6. The lowest BCUT2D eigenvalue weighted by Crippen LogP contribution is -2.17. The van der Waals surface area contributed by atoms with E-state index in [1.807, 2.05) is 66.7 Å². The van der Waals surface area contributed by atoms with Gasteiger partial charge in [-0.1, -0.05) is 88.4 Å². The third-order valence-corrected chi connectivity index (χ3v) is 6.10. The van der Waals surface area contributed by atoms with Crippen molar-refractivity contribution in [3.63, 3.8) is 0 Å². The Labute approximate surface area is 187 Å². The first kappa shape index (κ1) is 19.1. The highest BCUT2D eigenvalue weighted by Gasteiger charge is 2.26. The minimum atomic E-state index is -0.395. The van der Waals surface area contributed by atoms with Gasteiger partial charge in [0.05, 0.1) is 0 Å². The number of nitrogens with zero attached hydrogens (tertiary/aromatic N) is 3. The molecule has 1 atom stereocenters. The van der Waals surface area contributed by atoms with Gasteiger partial charge < -0.3 is 10.1 Å². The minimum absolute atomic E-state index is 0.395. The number of nitrogens with one attached hydrogen (secondary N) is 1. The van der Waals surface area contributed by atoms with Crippen LogP contribution in [0.4, 0.5) is 5.69 Å². The molecule has 4 aromatic rings. The Kier molecular flexibility index (Phi) is 5.38. The zero-order chi connectivity index (χ0) is 20.3. The molecule has 3 aromatic carbocycles. The van der Waals surface area contributed by atoms with Crippen LogP contribution >= 0.6 is 27.7 Å². The number of rotatable bonds is 4. The van der Waals surface area contributed by atoms with E-state index in [2.05, 4.69) is 43.6 Å². The quantitative estimate of drug-likeness (QED) is 0.359. The zero-order valence-electron chi connectivity index (χ0n) is 15.8. The molecule has 0 fully saturated rings. The number of halogens is 1. The molecule has 1 N–H and O–H groups in total. The molecule has 5 rings (SSSR count). The van der Waals surface area contributed by atoms with Crippen LogP contribution in [0.1, 0.15) is 17.4 Å². The summed E-state index contributed by atoms with van der Waals surface area (Å²) < 4.78 is 7.30. The van der Waals surface area contributed by atoms with Crippen LogP contribution < -0.4 is 10.1 Å². The standard InChI is InChI=1S/C23H17BrN4OS/c24-17-10-6-9-16(13-17)21-25-19-12-5-4-11-18(19)20-22(29-21)26-23(28-27-20)30-14-15-7-2-1-3-8-15/h1-13,21,25H,14H2/t21-/m1/s1. The van der Waals surface area contributed by atoms with Crippen molar-refractivity contribution in [2.24, 2.45) is 0 Å². The highest BCUT2D eigenvalue weighted by atomic mass is 79.9. The molecule has 1 aliphatic rings. The molecule has 0 bridgehead atoms. The van der Waals surface area contributed by atoms with E-state index in [1.165, 1.54) is 5.56 Å². The average molecular weight is 477 g/mol. The Morgan fingerprint density at radius 1 is 0.933 bits per heavy atom. The number of anilines is 1. The van der Waals surface area contributed by atoms with Gasteiger partial charge in [0, 0.05) is 27.0 Å². The molecular weight excluding hydrogens is 460 g/mol. The first-order valence-electron chi connectivity index (χ1n) is 9.46. The number of thioether (sulfide) groups is 1. The third kappa shape index (κ3) is 4.04. The number of aromatic nitrogens is 3. The highest BCUT2D eigenvalue weighted by Crippen LogP contribution is 2.39. The smallest absolute Gasteiger partial charge is 0.247 e. The maximum Gasteiger partial charge on any atom is 0.247 e. The zero-order valence-corrected chi connectivity index (χ0v) is 18.2. The fourth-order valence-electron chi connectivity index (χ4n) is 3.25. The van der Waals surface area contributed by atoms with Gasteiger partial charge >= 0.3 is 0 Å². The summed E-state index contributed by atoms with van der Waals surface area (Å²) in [5, 5.41) is 12.9. The molecule has 7 heteroatoms. The Morgan fingerprint density at radius 2 is 1.77 bits per heavy atom. The summed E-state index contributed by atoms with van der Waals surface area (Å²) in [6.07, 6.45) is -0.395. The number of para-hydroxylation sites is 1. The lowest BCUT2D eigenvalue weighted by Gasteiger charge is -2.19. The summed E-state index contributed by atoms with van der Waals surface area (Å²) in [4.78, 5) is 4.70. The highest BCUT2D eigenvalue weighted by molar-refractivity contribution is 9.10. The predicted molar refractivity (Wildman–Crippen MR) is 122 cm³/mol. The molecule has 0 amide bonds. The molecule has 5 nitrogen and oxygen atoms in total. The summed E-state index contributed by atoms with van der Waals surface area (Å²) >= 11 is 5.08. The minimum Gasteiger partial charge on any atom is -0.448 e. The molecule has 30 heavy (non-hydrogen) atoms. The van der Waals surface area contributed by atoms with Gasteiger partial charge in [0.25, 0.3) is 0 Å². The Balaban J connectivity index is 1.51. The van der Waals surface area contributed by atoms with Crippen LogP contribution in [0.15, 0.2) is 88.5 Å². The first-order valence-corrected chi connectivity index (χ1v) is 11.2. The average Bonchev–Trinajstić information content (AvgIpc) is 2.95.